The van der Waals surface area contributed by atoms with E-state index in [1.165, 1.54) is 6.08 Å². The molecule has 0 aliphatic rings. The van der Waals surface area contributed by atoms with E-state index in [1.54, 1.807) is 13.0 Å². The second-order valence-corrected chi connectivity index (χ2v) is 1.07. The molecule has 1 N–H and O–H groups in total. The van der Waals surface area contributed by atoms with Gasteiger partial charge in [-0.3, -0.25) is 10.2 Å². The lowest BCUT2D eigenvalue weighted by molar-refractivity contribution is -0.102. The molecule has 38 valence electrons. The summed E-state index contributed by atoms with van der Waals surface area (Å²) in [7, 11) is 0. The van der Waals surface area contributed by atoms with Gasteiger partial charge in [0.05, 0.1) is 5.71 Å². The van der Waals surface area contributed by atoms with Gasteiger partial charge in [0.15, 0.2) is 6.29 Å². The largest absolute Gasteiger partial charge is 0.298 e. The van der Waals surface area contributed by atoms with Gasteiger partial charge in [-0.15, -0.1) is 0 Å². The monoisotopic (exact) mass is 97.1 g/mol. The molecule has 0 rings (SSSR count). The maximum Gasteiger partial charge on any atom is 0.167 e. The number of hydrogen-bond donors (Lipinski definition) is 1. The Hall–Kier alpha value is -0.920. The van der Waals surface area contributed by atoms with Gasteiger partial charge in [-0.05, 0) is 13.0 Å². The summed E-state index contributed by atoms with van der Waals surface area (Å²) >= 11 is 0. The van der Waals surface area contributed by atoms with Crippen LogP contribution in [0.4, 0.5) is 0 Å². The second-order valence-electron chi connectivity index (χ2n) is 1.07. The van der Waals surface area contributed by atoms with Crippen molar-refractivity contribution in [2.75, 3.05) is 0 Å². The van der Waals surface area contributed by atoms with Gasteiger partial charge in [0.25, 0.3) is 0 Å². The predicted molar refractivity (Wildman–Crippen MR) is 28.6 cm³/mol. The number of allylic oxidation sites excluding steroid dienone is 2. The van der Waals surface area contributed by atoms with Gasteiger partial charge >= 0.3 is 0 Å². The molecule has 0 aromatic heterocycles. The summed E-state index contributed by atoms with van der Waals surface area (Å²) in [6, 6.07) is 0. The van der Waals surface area contributed by atoms with Gasteiger partial charge in [-0.1, -0.05) is 6.08 Å². The average molecular weight is 97.1 g/mol. The normalized spacial score (nSPS) is 9.29. The molecule has 0 aliphatic carbocycles. The zero-order chi connectivity index (χ0) is 5.70. The summed E-state index contributed by atoms with van der Waals surface area (Å²) in [6.45, 7) is 1.76. The fourth-order valence-electron chi connectivity index (χ4n) is 0.219. The summed E-state index contributed by atoms with van der Waals surface area (Å²) in [6.07, 6.45) is 3.59. The zero-order valence-corrected chi connectivity index (χ0v) is 4.14. The molecule has 0 aromatic carbocycles. The number of carbonyl (C=O) groups excluding carboxylic acids is 1. The van der Waals surface area contributed by atoms with Crippen LogP contribution in [0.5, 0.6) is 0 Å². The average Bonchev–Trinajstić information content (AvgIpc) is 1.68. The van der Waals surface area contributed by atoms with E-state index in [-0.39, 0.29) is 5.71 Å². The zero-order valence-electron chi connectivity index (χ0n) is 4.14. The topological polar surface area (TPSA) is 40.9 Å². The van der Waals surface area contributed by atoms with E-state index in [4.69, 9.17) is 5.41 Å². The Morgan fingerprint density at radius 1 is 1.71 bits per heavy atom. The highest BCUT2D eigenvalue weighted by molar-refractivity contribution is 6.32. The highest BCUT2D eigenvalue weighted by Crippen LogP contribution is 1.68. The summed E-state index contributed by atoms with van der Waals surface area (Å²) in [5.74, 6) is 0. The SMILES string of the molecule is C/C=C\C(=N)C=O. The third kappa shape index (κ3) is 2.89. The van der Waals surface area contributed by atoms with E-state index in [0.717, 1.165) is 0 Å². The maximum absolute atomic E-state index is 9.62. The van der Waals surface area contributed by atoms with E-state index >= 15 is 0 Å². The van der Waals surface area contributed by atoms with E-state index in [0.29, 0.717) is 6.29 Å². The lowest BCUT2D eigenvalue weighted by Crippen LogP contribution is -1.88. The minimum atomic E-state index is 0.0162. The molecule has 0 spiro atoms. The predicted octanol–water partition coefficient (Wildman–Crippen LogP) is 0.781. The molecule has 0 atom stereocenters. The smallest absolute Gasteiger partial charge is 0.167 e. The fourth-order valence-corrected chi connectivity index (χ4v) is 0.219. The molecule has 0 fully saturated rings. The van der Waals surface area contributed by atoms with Crippen LogP contribution in [0, 0.1) is 5.41 Å². The maximum atomic E-state index is 9.62. The van der Waals surface area contributed by atoms with Crippen LogP contribution in [0.25, 0.3) is 0 Å². The summed E-state index contributed by atoms with van der Waals surface area (Å²) in [4.78, 5) is 9.62. The molecule has 0 radical (unpaired) electrons. The first-order chi connectivity index (χ1) is 3.31. The van der Waals surface area contributed by atoms with Crippen molar-refractivity contribution in [1.82, 2.24) is 0 Å². The summed E-state index contributed by atoms with van der Waals surface area (Å²) in [5, 5.41) is 6.68. The van der Waals surface area contributed by atoms with Crippen molar-refractivity contribution in [2.45, 2.75) is 6.92 Å². The first-order valence-corrected chi connectivity index (χ1v) is 1.97. The van der Waals surface area contributed by atoms with Crippen LogP contribution >= 0.6 is 0 Å². The van der Waals surface area contributed by atoms with Crippen molar-refractivity contribution in [2.24, 2.45) is 0 Å². The Labute approximate surface area is 42.4 Å². The first-order valence-electron chi connectivity index (χ1n) is 1.97. The van der Waals surface area contributed by atoms with Crippen LogP contribution in [0.15, 0.2) is 12.2 Å². The molecular formula is C5H7NO. The van der Waals surface area contributed by atoms with Crippen LogP contribution in [-0.4, -0.2) is 12.0 Å². The fraction of sp³-hybridized carbons (Fsp3) is 0.200. The number of nitrogens with one attached hydrogen (secondary N) is 1. The first kappa shape index (κ1) is 6.08. The highest BCUT2D eigenvalue weighted by Gasteiger charge is 1.77. The Balaban J connectivity index is 3.58. The number of aldehydes is 1. The van der Waals surface area contributed by atoms with E-state index in [1.807, 2.05) is 0 Å². The molecule has 2 nitrogen and oxygen atoms in total. The molecule has 0 unspecified atom stereocenters. The third-order valence-electron chi connectivity index (χ3n) is 0.473. The van der Waals surface area contributed by atoms with E-state index < -0.39 is 0 Å². The van der Waals surface area contributed by atoms with Crippen LogP contribution in [0.1, 0.15) is 6.92 Å². The highest BCUT2D eigenvalue weighted by atomic mass is 16.1. The minimum Gasteiger partial charge on any atom is -0.298 e. The number of hydrogen-bond acceptors (Lipinski definition) is 2. The Bertz CT molecular complexity index is 105. The quantitative estimate of drug-likeness (QED) is 0.401. The Kier molecular flexibility index (Phi) is 2.85. The molecule has 0 bridgehead atoms. The molecule has 0 aromatic rings. The van der Waals surface area contributed by atoms with Gasteiger partial charge in [-0.25, -0.2) is 0 Å². The molecule has 2 heteroatoms. The summed E-state index contributed by atoms with van der Waals surface area (Å²) in [5.41, 5.74) is 0.0162. The van der Waals surface area contributed by atoms with Crippen molar-refractivity contribution >= 4 is 12.0 Å². The number of rotatable bonds is 2. The van der Waals surface area contributed by atoms with Gasteiger partial charge < -0.3 is 0 Å². The van der Waals surface area contributed by atoms with Gasteiger partial charge in [-0.2, -0.15) is 0 Å². The Morgan fingerprint density at radius 3 is 2.43 bits per heavy atom. The lowest BCUT2D eigenvalue weighted by Gasteiger charge is -1.73. The van der Waals surface area contributed by atoms with Crippen molar-refractivity contribution in [3.8, 4) is 0 Å². The molecule has 0 aliphatic heterocycles. The standard InChI is InChI=1S/C5H7NO/c1-2-3-5(6)4-7/h2-4,6H,1H3/b3-2-,6-5?. The summed E-state index contributed by atoms with van der Waals surface area (Å²) < 4.78 is 0. The Morgan fingerprint density at radius 2 is 2.29 bits per heavy atom. The van der Waals surface area contributed by atoms with Crippen LogP contribution in [0.2, 0.25) is 0 Å². The van der Waals surface area contributed by atoms with Gasteiger partial charge in [0.1, 0.15) is 0 Å². The van der Waals surface area contributed by atoms with Crippen molar-refractivity contribution < 1.29 is 4.79 Å². The number of carbonyl (C=O) groups is 1. The minimum absolute atomic E-state index is 0.0162. The van der Waals surface area contributed by atoms with E-state index in [2.05, 4.69) is 0 Å². The molecular weight excluding hydrogens is 90.1 g/mol. The van der Waals surface area contributed by atoms with Crippen LogP contribution in [-0.2, 0) is 4.79 Å². The van der Waals surface area contributed by atoms with Gasteiger partial charge in [0, 0.05) is 0 Å². The van der Waals surface area contributed by atoms with Crippen molar-refractivity contribution in [1.29, 1.82) is 5.41 Å². The molecule has 0 amide bonds. The van der Waals surface area contributed by atoms with E-state index in [9.17, 15) is 4.79 Å². The van der Waals surface area contributed by atoms with Gasteiger partial charge in [0.2, 0.25) is 0 Å². The van der Waals surface area contributed by atoms with Crippen LogP contribution < -0.4 is 0 Å². The molecule has 7 heavy (non-hydrogen) atoms. The lowest BCUT2D eigenvalue weighted by atomic mass is 10.4. The van der Waals surface area contributed by atoms with Crippen LogP contribution in [0.3, 0.4) is 0 Å². The van der Waals surface area contributed by atoms with Crippen molar-refractivity contribution in [3.05, 3.63) is 12.2 Å². The molecule has 0 saturated carbocycles. The molecule has 0 heterocycles. The molecule has 0 saturated heterocycles. The second kappa shape index (κ2) is 3.28. The third-order valence-corrected chi connectivity index (χ3v) is 0.473. The van der Waals surface area contributed by atoms with Crippen molar-refractivity contribution in [3.63, 3.8) is 0 Å².